The Balaban J connectivity index is 2.24. The molecule has 0 amide bonds. The molecule has 16 heavy (non-hydrogen) atoms. The highest BCUT2D eigenvalue weighted by Crippen LogP contribution is 2.56. The van der Waals surface area contributed by atoms with E-state index in [4.69, 9.17) is 0 Å². The Morgan fingerprint density at radius 1 is 1.50 bits per heavy atom. The van der Waals surface area contributed by atoms with Gasteiger partial charge in [0, 0.05) is 0 Å². The Kier molecular flexibility index (Phi) is 3.05. The highest BCUT2D eigenvalue weighted by atomic mass is 16.1. The van der Waals surface area contributed by atoms with Gasteiger partial charge in [-0.3, -0.25) is 4.79 Å². The number of carbonyl (C=O) groups is 1. The molecule has 1 heteroatoms. The van der Waals surface area contributed by atoms with E-state index < -0.39 is 0 Å². The molecule has 0 aromatic heterocycles. The zero-order chi connectivity index (χ0) is 11.8. The van der Waals surface area contributed by atoms with Gasteiger partial charge >= 0.3 is 0 Å². The van der Waals surface area contributed by atoms with Crippen LogP contribution in [0.5, 0.6) is 0 Å². The van der Waals surface area contributed by atoms with Crippen LogP contribution in [0, 0.1) is 17.3 Å². The van der Waals surface area contributed by atoms with Gasteiger partial charge in [-0.25, -0.2) is 0 Å². The molecule has 0 aliphatic heterocycles. The molecule has 0 heterocycles. The molecule has 2 fully saturated rings. The summed E-state index contributed by atoms with van der Waals surface area (Å²) in [5.41, 5.74) is 2.76. The summed E-state index contributed by atoms with van der Waals surface area (Å²) in [5, 5.41) is 0. The van der Waals surface area contributed by atoms with Crippen molar-refractivity contribution in [2.45, 2.75) is 46.0 Å². The molecule has 0 N–H and O–H groups in total. The summed E-state index contributed by atoms with van der Waals surface area (Å²) in [6.07, 6.45) is 9.50. The van der Waals surface area contributed by atoms with Crippen molar-refractivity contribution in [2.24, 2.45) is 17.3 Å². The second-order valence-corrected chi connectivity index (χ2v) is 5.87. The maximum Gasteiger partial charge on any atom is 0.145 e. The van der Waals surface area contributed by atoms with Gasteiger partial charge < -0.3 is 0 Å². The van der Waals surface area contributed by atoms with Gasteiger partial charge in [0.15, 0.2) is 0 Å². The molecule has 2 rings (SSSR count). The van der Waals surface area contributed by atoms with E-state index in [1.807, 2.05) is 6.92 Å². The van der Waals surface area contributed by atoms with Crippen LogP contribution in [0.25, 0.3) is 0 Å². The molecule has 2 aliphatic carbocycles. The second kappa shape index (κ2) is 4.20. The highest BCUT2D eigenvalue weighted by molar-refractivity contribution is 5.72. The van der Waals surface area contributed by atoms with Gasteiger partial charge in [-0.15, -0.1) is 0 Å². The van der Waals surface area contributed by atoms with Crippen LogP contribution in [0.2, 0.25) is 0 Å². The van der Waals surface area contributed by atoms with E-state index in [1.54, 1.807) is 0 Å². The van der Waals surface area contributed by atoms with Crippen LogP contribution >= 0.6 is 0 Å². The second-order valence-electron chi connectivity index (χ2n) is 5.87. The highest BCUT2D eigenvalue weighted by Gasteiger charge is 2.46. The minimum absolute atomic E-state index is 0.458. The van der Waals surface area contributed by atoms with Crippen LogP contribution in [-0.2, 0) is 4.79 Å². The fourth-order valence-corrected chi connectivity index (χ4v) is 3.84. The van der Waals surface area contributed by atoms with E-state index in [-0.39, 0.29) is 0 Å². The SMILES string of the molecule is C=C1CCC[C@@]2(C)CC[C@@H](/C=C(\C)C=O)[C@H]12. The largest absolute Gasteiger partial charge is 0.298 e. The normalized spacial score (nSPS) is 39.6. The zero-order valence-corrected chi connectivity index (χ0v) is 10.5. The van der Waals surface area contributed by atoms with Gasteiger partial charge in [0.05, 0.1) is 0 Å². The number of carbonyl (C=O) groups excluding carboxylic acids is 1. The van der Waals surface area contributed by atoms with Crippen LogP contribution in [0.1, 0.15) is 46.0 Å². The van der Waals surface area contributed by atoms with Crippen LogP contribution < -0.4 is 0 Å². The third-order valence-electron chi connectivity index (χ3n) is 4.58. The molecular weight excluding hydrogens is 196 g/mol. The average Bonchev–Trinajstić information content (AvgIpc) is 2.57. The summed E-state index contributed by atoms with van der Waals surface area (Å²) >= 11 is 0. The molecule has 0 aromatic rings. The van der Waals surface area contributed by atoms with Crippen molar-refractivity contribution < 1.29 is 4.79 Å². The minimum Gasteiger partial charge on any atom is -0.298 e. The Morgan fingerprint density at radius 3 is 2.94 bits per heavy atom. The van der Waals surface area contributed by atoms with Gasteiger partial charge in [-0.2, -0.15) is 0 Å². The number of fused-ring (bicyclic) bond motifs is 1. The number of rotatable bonds is 2. The Morgan fingerprint density at radius 2 is 2.25 bits per heavy atom. The maximum absolute atomic E-state index is 10.7. The summed E-state index contributed by atoms with van der Waals surface area (Å²) in [6.45, 7) is 8.59. The predicted molar refractivity (Wildman–Crippen MR) is 67.1 cm³/mol. The van der Waals surface area contributed by atoms with Crippen molar-refractivity contribution in [1.82, 2.24) is 0 Å². The molecule has 3 atom stereocenters. The number of allylic oxidation sites excluding steroid dienone is 3. The first kappa shape index (κ1) is 11.6. The van der Waals surface area contributed by atoms with E-state index >= 15 is 0 Å². The van der Waals surface area contributed by atoms with Gasteiger partial charge in [0.1, 0.15) is 6.29 Å². The van der Waals surface area contributed by atoms with Crippen LogP contribution in [-0.4, -0.2) is 6.29 Å². The standard InChI is InChI=1S/C15H22O/c1-11(10-16)9-13-6-8-15(3)7-4-5-12(2)14(13)15/h9-10,13-14H,2,4-8H2,1,3H3/b11-9+/t13-,14-,15-/m0/s1. The molecule has 0 bridgehead atoms. The summed E-state index contributed by atoms with van der Waals surface area (Å²) in [5.74, 6) is 1.18. The number of hydrogen-bond acceptors (Lipinski definition) is 1. The van der Waals surface area contributed by atoms with E-state index in [0.29, 0.717) is 17.3 Å². The van der Waals surface area contributed by atoms with Gasteiger partial charge in [0.2, 0.25) is 0 Å². The first-order chi connectivity index (χ1) is 7.57. The molecule has 2 aliphatic rings. The van der Waals surface area contributed by atoms with Gasteiger partial charge in [-0.05, 0) is 61.9 Å². The molecular formula is C15H22O. The Labute approximate surface area is 98.6 Å². The predicted octanol–water partition coefficient (Wildman–Crippen LogP) is 3.90. The van der Waals surface area contributed by atoms with Crippen LogP contribution in [0.4, 0.5) is 0 Å². The lowest BCUT2D eigenvalue weighted by atomic mass is 9.65. The third kappa shape index (κ3) is 1.88. The molecule has 1 nitrogen and oxygen atoms in total. The first-order valence-electron chi connectivity index (χ1n) is 6.38. The summed E-state index contributed by atoms with van der Waals surface area (Å²) in [7, 11) is 0. The maximum atomic E-state index is 10.7. The molecule has 0 radical (unpaired) electrons. The minimum atomic E-state index is 0.458. The fourth-order valence-electron chi connectivity index (χ4n) is 3.84. The lowest BCUT2D eigenvalue weighted by Crippen LogP contribution is -2.30. The average molecular weight is 218 g/mol. The number of hydrogen-bond donors (Lipinski definition) is 0. The van der Waals surface area contributed by atoms with E-state index in [1.165, 1.54) is 37.7 Å². The quantitative estimate of drug-likeness (QED) is 0.390. The smallest absolute Gasteiger partial charge is 0.145 e. The Hall–Kier alpha value is -0.850. The summed E-state index contributed by atoms with van der Waals surface area (Å²) < 4.78 is 0. The summed E-state index contributed by atoms with van der Waals surface area (Å²) in [6, 6.07) is 0. The molecule has 88 valence electrons. The van der Waals surface area contributed by atoms with Crippen LogP contribution in [0.15, 0.2) is 23.8 Å². The topological polar surface area (TPSA) is 17.1 Å². The molecule has 0 unspecified atom stereocenters. The van der Waals surface area contributed by atoms with Crippen molar-refractivity contribution >= 4 is 6.29 Å². The van der Waals surface area contributed by atoms with Crippen molar-refractivity contribution in [2.75, 3.05) is 0 Å². The number of aldehydes is 1. The van der Waals surface area contributed by atoms with E-state index in [2.05, 4.69) is 19.6 Å². The monoisotopic (exact) mass is 218 g/mol. The van der Waals surface area contributed by atoms with Crippen LogP contribution in [0.3, 0.4) is 0 Å². The van der Waals surface area contributed by atoms with E-state index in [9.17, 15) is 4.79 Å². The van der Waals surface area contributed by atoms with Crippen molar-refractivity contribution in [3.63, 3.8) is 0 Å². The van der Waals surface area contributed by atoms with Gasteiger partial charge in [-0.1, -0.05) is 25.2 Å². The van der Waals surface area contributed by atoms with Crippen molar-refractivity contribution in [3.05, 3.63) is 23.8 Å². The molecule has 0 spiro atoms. The lowest BCUT2D eigenvalue weighted by Gasteiger charge is -2.39. The lowest BCUT2D eigenvalue weighted by molar-refractivity contribution is -0.104. The fraction of sp³-hybridized carbons (Fsp3) is 0.667. The molecule has 0 aromatic carbocycles. The van der Waals surface area contributed by atoms with Crippen molar-refractivity contribution in [3.8, 4) is 0 Å². The molecule has 2 saturated carbocycles. The zero-order valence-electron chi connectivity index (χ0n) is 10.5. The molecule has 0 saturated heterocycles. The van der Waals surface area contributed by atoms with Gasteiger partial charge in [0.25, 0.3) is 0 Å². The summed E-state index contributed by atoms with van der Waals surface area (Å²) in [4.78, 5) is 10.7. The third-order valence-corrected chi connectivity index (χ3v) is 4.58. The Bertz CT molecular complexity index is 339. The van der Waals surface area contributed by atoms with Crippen molar-refractivity contribution in [1.29, 1.82) is 0 Å². The van der Waals surface area contributed by atoms with E-state index in [0.717, 1.165) is 11.9 Å². The first-order valence-corrected chi connectivity index (χ1v) is 6.38.